The smallest absolute Gasteiger partial charge is 0.345 e. The minimum absolute atomic E-state index is 0.106. The molecule has 4 heterocycles. The molecule has 0 bridgehead atoms. The summed E-state index contributed by atoms with van der Waals surface area (Å²) in [5.41, 5.74) is 1.52. The van der Waals surface area contributed by atoms with Gasteiger partial charge in [0, 0.05) is 42.3 Å². The van der Waals surface area contributed by atoms with Crippen LogP contribution in [0.5, 0.6) is 0 Å². The third kappa shape index (κ3) is 6.89. The summed E-state index contributed by atoms with van der Waals surface area (Å²) >= 11 is 6.08. The maximum Gasteiger partial charge on any atom is 0.406 e. The number of pyridine rings is 1. The van der Waals surface area contributed by atoms with Gasteiger partial charge in [0.2, 0.25) is 5.91 Å². The van der Waals surface area contributed by atoms with E-state index in [0.29, 0.717) is 23.7 Å². The largest absolute Gasteiger partial charge is 0.406 e. The number of fused-ring (bicyclic) bond motifs is 2. The lowest BCUT2D eigenvalue weighted by atomic mass is 9.74. The van der Waals surface area contributed by atoms with Crippen molar-refractivity contribution in [2.75, 3.05) is 13.1 Å². The maximum absolute atomic E-state index is 14.4. The van der Waals surface area contributed by atoms with E-state index >= 15 is 0 Å². The Labute approximate surface area is 274 Å². The van der Waals surface area contributed by atoms with Crippen molar-refractivity contribution in [2.24, 2.45) is 5.92 Å². The van der Waals surface area contributed by atoms with Crippen LogP contribution in [-0.4, -0.2) is 75.3 Å². The predicted molar refractivity (Wildman–Crippen MR) is 166 cm³/mol. The van der Waals surface area contributed by atoms with Crippen molar-refractivity contribution < 1.29 is 32.3 Å². The zero-order chi connectivity index (χ0) is 33.3. The van der Waals surface area contributed by atoms with Crippen molar-refractivity contribution in [2.45, 2.75) is 62.4 Å². The Morgan fingerprint density at radius 3 is 2.47 bits per heavy atom. The summed E-state index contributed by atoms with van der Waals surface area (Å²) in [5.74, 6) is -2.57. The number of halogens is 4. The Hall–Kier alpha value is -4.29. The summed E-state index contributed by atoms with van der Waals surface area (Å²) in [5, 5.41) is 6.67. The summed E-state index contributed by atoms with van der Waals surface area (Å²) < 4.78 is 40.5. The standard InChI is InChI=1S/C34H33ClF3N5O4/c35-25-10-8-21(9-11-25)15-27(41-30(45)28-16-22-5-1-2-6-24(22)19-40-28)29(44)23-12-14-43-32(47)42(20-34(36,37)38)31(46)33(43,17-23)18-26-7-3-4-13-39-26/h1-11,13,23,27-28,40H,12,14-20H2,(H,41,45)/t23?,27-,28-,33?/m1/s1. The lowest BCUT2D eigenvalue weighted by Gasteiger charge is -2.42. The Bertz CT molecular complexity index is 1670. The van der Waals surface area contributed by atoms with Crippen molar-refractivity contribution in [1.82, 2.24) is 25.4 Å². The number of nitrogens with zero attached hydrogens (tertiary/aromatic N) is 3. The van der Waals surface area contributed by atoms with Gasteiger partial charge in [-0.05, 0) is 66.6 Å². The first-order valence-electron chi connectivity index (χ1n) is 15.4. The molecule has 0 radical (unpaired) electrons. The van der Waals surface area contributed by atoms with Crippen molar-refractivity contribution in [3.8, 4) is 0 Å². The molecule has 0 aliphatic carbocycles. The van der Waals surface area contributed by atoms with Crippen LogP contribution in [-0.2, 0) is 40.2 Å². The van der Waals surface area contributed by atoms with Crippen molar-refractivity contribution in [3.63, 3.8) is 0 Å². The van der Waals surface area contributed by atoms with Gasteiger partial charge in [0.15, 0.2) is 5.78 Å². The molecule has 3 aliphatic rings. The highest BCUT2D eigenvalue weighted by Crippen LogP contribution is 2.43. The van der Waals surface area contributed by atoms with E-state index in [2.05, 4.69) is 15.6 Å². The second-order valence-electron chi connectivity index (χ2n) is 12.4. The third-order valence-corrected chi connectivity index (χ3v) is 9.51. The molecule has 13 heteroatoms. The monoisotopic (exact) mass is 667 g/mol. The number of amides is 4. The average Bonchev–Trinajstić information content (AvgIpc) is 3.25. The molecule has 0 saturated carbocycles. The summed E-state index contributed by atoms with van der Waals surface area (Å²) in [6, 6.07) is 17.0. The van der Waals surface area contributed by atoms with E-state index in [1.54, 1.807) is 42.5 Å². The van der Waals surface area contributed by atoms with E-state index in [1.807, 2.05) is 24.3 Å². The van der Waals surface area contributed by atoms with Crippen LogP contribution in [0.3, 0.4) is 0 Å². The van der Waals surface area contributed by atoms with Crippen LogP contribution in [0.15, 0.2) is 72.9 Å². The minimum Gasteiger partial charge on any atom is -0.345 e. The van der Waals surface area contributed by atoms with Crippen LogP contribution in [0, 0.1) is 5.92 Å². The van der Waals surface area contributed by atoms with Crippen LogP contribution >= 0.6 is 11.6 Å². The first kappa shape index (κ1) is 32.6. The van der Waals surface area contributed by atoms with Crippen molar-refractivity contribution >= 4 is 35.2 Å². The maximum atomic E-state index is 14.4. The second kappa shape index (κ2) is 13.1. The molecule has 3 aromatic rings. The molecule has 9 nitrogen and oxygen atoms in total. The fourth-order valence-electron chi connectivity index (χ4n) is 6.97. The van der Waals surface area contributed by atoms with E-state index in [0.717, 1.165) is 21.6 Å². The van der Waals surface area contributed by atoms with Gasteiger partial charge in [-0.25, -0.2) is 4.79 Å². The lowest BCUT2D eigenvalue weighted by Crippen LogP contribution is -2.59. The van der Waals surface area contributed by atoms with Crippen LogP contribution in [0.2, 0.25) is 5.02 Å². The molecule has 4 amide bonds. The lowest BCUT2D eigenvalue weighted by molar-refractivity contribution is -0.156. The van der Waals surface area contributed by atoms with Gasteiger partial charge in [-0.15, -0.1) is 0 Å². The van der Waals surface area contributed by atoms with Crippen molar-refractivity contribution in [3.05, 3.63) is 100 Å². The molecule has 246 valence electrons. The van der Waals surface area contributed by atoms with Gasteiger partial charge in [-0.3, -0.25) is 24.3 Å². The number of imide groups is 1. The highest BCUT2D eigenvalue weighted by atomic mass is 35.5. The number of piperidine rings is 1. The molecule has 4 atom stereocenters. The normalized spacial score (nSPS) is 23.2. The number of rotatable bonds is 9. The van der Waals surface area contributed by atoms with Gasteiger partial charge < -0.3 is 15.5 Å². The van der Waals surface area contributed by atoms with Crippen molar-refractivity contribution in [1.29, 1.82) is 0 Å². The second-order valence-corrected chi connectivity index (χ2v) is 12.8. The number of benzene rings is 2. The topological polar surface area (TPSA) is 112 Å². The molecule has 2 saturated heterocycles. The number of urea groups is 1. The molecule has 47 heavy (non-hydrogen) atoms. The molecule has 2 fully saturated rings. The summed E-state index contributed by atoms with van der Waals surface area (Å²) in [7, 11) is 0. The molecule has 2 N–H and O–H groups in total. The van der Waals surface area contributed by atoms with E-state index in [-0.39, 0.29) is 48.8 Å². The Morgan fingerprint density at radius 2 is 1.77 bits per heavy atom. The van der Waals surface area contributed by atoms with Gasteiger partial charge in [0.25, 0.3) is 5.91 Å². The van der Waals surface area contributed by atoms with E-state index in [4.69, 9.17) is 11.6 Å². The fourth-order valence-corrected chi connectivity index (χ4v) is 7.09. The number of hydrogen-bond acceptors (Lipinski definition) is 6. The van der Waals surface area contributed by atoms with E-state index in [1.165, 1.54) is 6.20 Å². The minimum atomic E-state index is -4.80. The number of ketones is 1. The first-order chi connectivity index (χ1) is 22.4. The molecule has 2 aromatic carbocycles. The van der Waals surface area contributed by atoms with Gasteiger partial charge in [0.05, 0.1) is 12.1 Å². The third-order valence-electron chi connectivity index (χ3n) is 9.26. The molecule has 2 unspecified atom stereocenters. The predicted octanol–water partition coefficient (Wildman–Crippen LogP) is 4.26. The van der Waals surface area contributed by atoms with Gasteiger partial charge in [-0.1, -0.05) is 54.1 Å². The first-order valence-corrected chi connectivity index (χ1v) is 15.8. The van der Waals surface area contributed by atoms with Crippen LogP contribution in [0.4, 0.5) is 18.0 Å². The van der Waals surface area contributed by atoms with Gasteiger partial charge in [-0.2, -0.15) is 13.2 Å². The highest BCUT2D eigenvalue weighted by Gasteiger charge is 2.62. The summed E-state index contributed by atoms with van der Waals surface area (Å²) in [6.07, 6.45) is -3.00. The van der Waals surface area contributed by atoms with Gasteiger partial charge in [0.1, 0.15) is 12.1 Å². The average molecular weight is 668 g/mol. The quantitative estimate of drug-likeness (QED) is 0.330. The number of Topliss-reactive ketones (excluding diaryl/α,β-unsaturated/α-hetero) is 1. The zero-order valence-corrected chi connectivity index (χ0v) is 26.1. The number of carbonyl (C=O) groups excluding carboxylic acids is 4. The zero-order valence-electron chi connectivity index (χ0n) is 25.3. The molecule has 0 spiro atoms. The molecule has 3 aliphatic heterocycles. The summed E-state index contributed by atoms with van der Waals surface area (Å²) in [6.45, 7) is -1.34. The number of nitrogens with one attached hydrogen (secondary N) is 2. The van der Waals surface area contributed by atoms with Crippen LogP contribution in [0.1, 0.15) is 35.2 Å². The number of aromatic nitrogens is 1. The highest BCUT2D eigenvalue weighted by molar-refractivity contribution is 6.30. The van der Waals surface area contributed by atoms with Crippen LogP contribution < -0.4 is 10.6 Å². The number of alkyl halides is 3. The number of carbonyl (C=O) groups is 4. The Balaban J connectivity index is 1.28. The van der Waals surface area contributed by atoms with Crippen LogP contribution in [0.25, 0.3) is 0 Å². The van der Waals surface area contributed by atoms with E-state index < -0.39 is 48.2 Å². The molecular formula is C34H33ClF3N5O4. The fraction of sp³-hybridized carbons (Fsp3) is 0.382. The van der Waals surface area contributed by atoms with Gasteiger partial charge >= 0.3 is 12.2 Å². The Morgan fingerprint density at radius 1 is 1.04 bits per heavy atom. The Kier molecular flexibility index (Phi) is 9.08. The number of hydrogen-bond donors (Lipinski definition) is 2. The van der Waals surface area contributed by atoms with E-state index in [9.17, 15) is 32.3 Å². The molecular weight excluding hydrogens is 635 g/mol. The SMILES string of the molecule is O=C(N[C@H](Cc1ccc(Cl)cc1)C(=O)C1CCN2C(=O)N(CC(F)(F)F)C(=O)C2(Cc2ccccn2)C1)[C@H]1Cc2ccccc2CN1. The summed E-state index contributed by atoms with van der Waals surface area (Å²) in [4.78, 5) is 60.8. The molecule has 6 rings (SSSR count). The molecule has 1 aromatic heterocycles.